The van der Waals surface area contributed by atoms with Crippen LogP contribution in [0.5, 0.6) is 0 Å². The molecule has 1 saturated carbocycles. The molecule has 1 aromatic carbocycles. The normalized spacial score (nSPS) is 15.9. The van der Waals surface area contributed by atoms with Gasteiger partial charge < -0.3 is 9.84 Å². The van der Waals surface area contributed by atoms with Crippen molar-refractivity contribution in [3.63, 3.8) is 0 Å². The molecular formula is C28H24N4O5. The van der Waals surface area contributed by atoms with Crippen molar-refractivity contribution in [3.05, 3.63) is 59.9 Å². The molecule has 0 radical (unpaired) electrons. The number of amides is 2. The molecule has 0 spiro atoms. The number of fused-ring (bicyclic) bond motifs is 1. The lowest BCUT2D eigenvalue weighted by atomic mass is 10.0. The number of rotatable bonds is 3. The van der Waals surface area contributed by atoms with E-state index in [1.165, 1.54) is 6.20 Å². The molecule has 2 amide bonds. The van der Waals surface area contributed by atoms with E-state index in [0.717, 1.165) is 11.1 Å². The van der Waals surface area contributed by atoms with Gasteiger partial charge in [-0.3, -0.25) is 20.0 Å². The van der Waals surface area contributed by atoms with Crippen LogP contribution in [0.4, 0.5) is 4.79 Å². The van der Waals surface area contributed by atoms with Crippen LogP contribution in [-0.2, 0) is 9.53 Å². The smallest absolute Gasteiger partial charge is 0.426 e. The maximum Gasteiger partial charge on any atom is 0.426 e. The molecule has 2 unspecified atom stereocenters. The first-order chi connectivity index (χ1) is 17.6. The van der Waals surface area contributed by atoms with Crippen molar-refractivity contribution in [1.82, 2.24) is 20.8 Å². The number of aliphatic carboxylic acids is 1. The predicted molar refractivity (Wildman–Crippen MR) is 136 cm³/mol. The molecule has 0 saturated heterocycles. The molecule has 1 aliphatic carbocycles. The first kappa shape index (κ1) is 25.2. The summed E-state index contributed by atoms with van der Waals surface area (Å²) in [5.74, 6) is 9.42. The van der Waals surface area contributed by atoms with Gasteiger partial charge in [0.1, 0.15) is 5.60 Å². The fourth-order valence-electron chi connectivity index (χ4n) is 3.47. The first-order valence-corrected chi connectivity index (χ1v) is 11.5. The molecule has 186 valence electrons. The minimum atomic E-state index is -0.818. The number of benzene rings is 1. The topological polar surface area (TPSA) is 131 Å². The number of hydrazine groups is 1. The highest BCUT2D eigenvalue weighted by Crippen LogP contribution is 2.37. The minimum absolute atomic E-state index is 0.117. The lowest BCUT2D eigenvalue weighted by molar-refractivity contribution is -0.138. The molecule has 2 atom stereocenters. The third kappa shape index (κ3) is 6.62. The average molecular weight is 497 g/mol. The van der Waals surface area contributed by atoms with E-state index in [9.17, 15) is 14.4 Å². The van der Waals surface area contributed by atoms with Crippen LogP contribution < -0.4 is 10.9 Å². The maximum absolute atomic E-state index is 12.9. The molecule has 3 N–H and O–H groups in total. The van der Waals surface area contributed by atoms with E-state index in [0.29, 0.717) is 23.0 Å². The van der Waals surface area contributed by atoms with Gasteiger partial charge in [-0.25, -0.2) is 15.2 Å². The van der Waals surface area contributed by atoms with Crippen molar-refractivity contribution >= 4 is 28.9 Å². The molecular weight excluding hydrogens is 472 g/mol. The summed E-state index contributed by atoms with van der Waals surface area (Å²) in [7, 11) is 0. The Hall–Kier alpha value is -4.89. The Balaban J connectivity index is 1.52. The lowest BCUT2D eigenvalue weighted by Crippen LogP contribution is -2.44. The number of ether oxygens (including phenoxy) is 1. The van der Waals surface area contributed by atoms with Gasteiger partial charge in [-0.1, -0.05) is 24.0 Å². The second-order valence-corrected chi connectivity index (χ2v) is 9.41. The largest absolute Gasteiger partial charge is 0.481 e. The zero-order valence-electron chi connectivity index (χ0n) is 20.5. The van der Waals surface area contributed by atoms with Crippen molar-refractivity contribution in [1.29, 1.82) is 0 Å². The van der Waals surface area contributed by atoms with Crippen LogP contribution in [-0.4, -0.2) is 38.6 Å². The van der Waals surface area contributed by atoms with Crippen LogP contribution in [0.15, 0.2) is 48.8 Å². The standard InChI is InChI=1S/C28H24N4O5/c1-28(2,3)37-27(36)32-31-25(33)21-15-24(30-23-12-13-29-16-22(21)23)18-10-8-17(9-11-18)6-4-5-7-19-14-20(19)26(34)35/h8-13,15-16,19-20H,14H2,1-3H3,(H,31,33)(H,32,36)(H,34,35). The summed E-state index contributed by atoms with van der Waals surface area (Å²) in [6.07, 6.45) is 2.91. The Bertz CT molecular complexity index is 1500. The number of carbonyl (C=O) groups is 3. The van der Waals surface area contributed by atoms with Crippen LogP contribution in [0.1, 0.15) is 43.1 Å². The third-order valence-corrected chi connectivity index (χ3v) is 5.35. The van der Waals surface area contributed by atoms with Gasteiger partial charge in [-0.05, 0) is 63.3 Å². The fourth-order valence-corrected chi connectivity index (χ4v) is 3.47. The molecule has 4 rings (SSSR count). The minimum Gasteiger partial charge on any atom is -0.481 e. The van der Waals surface area contributed by atoms with Gasteiger partial charge in [0.15, 0.2) is 0 Å². The number of pyridine rings is 2. The highest BCUT2D eigenvalue weighted by Gasteiger charge is 2.42. The van der Waals surface area contributed by atoms with E-state index >= 15 is 0 Å². The highest BCUT2D eigenvalue weighted by molar-refractivity contribution is 6.07. The molecule has 1 aliphatic rings. The molecule has 0 aliphatic heterocycles. The summed E-state index contributed by atoms with van der Waals surface area (Å²) >= 11 is 0. The second kappa shape index (κ2) is 10.4. The van der Waals surface area contributed by atoms with Crippen molar-refractivity contribution in [2.75, 3.05) is 0 Å². The lowest BCUT2D eigenvalue weighted by Gasteiger charge is -2.19. The number of carboxylic acids is 1. The third-order valence-electron chi connectivity index (χ3n) is 5.35. The van der Waals surface area contributed by atoms with E-state index in [1.807, 2.05) is 24.3 Å². The summed E-state index contributed by atoms with van der Waals surface area (Å²) in [4.78, 5) is 44.4. The fraction of sp³-hybridized carbons (Fsp3) is 0.250. The summed E-state index contributed by atoms with van der Waals surface area (Å²) in [6.45, 7) is 5.16. The van der Waals surface area contributed by atoms with Crippen molar-refractivity contribution in [2.24, 2.45) is 11.8 Å². The van der Waals surface area contributed by atoms with E-state index in [1.54, 1.807) is 39.1 Å². The summed E-state index contributed by atoms with van der Waals surface area (Å²) in [5, 5.41) is 9.44. The van der Waals surface area contributed by atoms with Gasteiger partial charge in [0, 0.05) is 34.8 Å². The Morgan fingerprint density at radius 3 is 2.51 bits per heavy atom. The molecule has 2 aromatic heterocycles. The monoisotopic (exact) mass is 496 g/mol. The number of hydrogen-bond acceptors (Lipinski definition) is 6. The zero-order valence-corrected chi connectivity index (χ0v) is 20.5. The van der Waals surface area contributed by atoms with Gasteiger partial charge in [-0.2, -0.15) is 0 Å². The quantitative estimate of drug-likeness (QED) is 0.373. The van der Waals surface area contributed by atoms with Gasteiger partial charge in [-0.15, -0.1) is 0 Å². The van der Waals surface area contributed by atoms with E-state index in [4.69, 9.17) is 9.84 Å². The zero-order chi connectivity index (χ0) is 26.6. The number of hydrogen-bond donors (Lipinski definition) is 3. The molecule has 1 fully saturated rings. The van der Waals surface area contributed by atoms with Crippen LogP contribution in [0.2, 0.25) is 0 Å². The van der Waals surface area contributed by atoms with Crippen LogP contribution in [0, 0.1) is 35.5 Å². The number of nitrogens with zero attached hydrogens (tertiary/aromatic N) is 2. The highest BCUT2D eigenvalue weighted by atomic mass is 16.6. The number of aromatic nitrogens is 2. The number of carboxylic acid groups (broad SMARTS) is 1. The van der Waals surface area contributed by atoms with E-state index in [-0.39, 0.29) is 17.4 Å². The Morgan fingerprint density at radius 2 is 1.84 bits per heavy atom. The van der Waals surface area contributed by atoms with Gasteiger partial charge >= 0.3 is 12.1 Å². The van der Waals surface area contributed by atoms with Crippen molar-refractivity contribution in [3.8, 4) is 34.9 Å². The SMILES string of the molecule is CC(C)(C)OC(=O)NNC(=O)c1cc(-c2ccc(C#CC#CC3CC3C(=O)O)cc2)nc2ccncc12. The first-order valence-electron chi connectivity index (χ1n) is 11.5. The van der Waals surface area contributed by atoms with Crippen molar-refractivity contribution < 1.29 is 24.2 Å². The van der Waals surface area contributed by atoms with Crippen LogP contribution >= 0.6 is 0 Å². The Labute approximate surface area is 213 Å². The molecule has 37 heavy (non-hydrogen) atoms. The van der Waals surface area contributed by atoms with Gasteiger partial charge in [0.25, 0.3) is 5.91 Å². The van der Waals surface area contributed by atoms with Gasteiger partial charge in [0.05, 0.1) is 22.7 Å². The van der Waals surface area contributed by atoms with Crippen LogP contribution in [0.25, 0.3) is 22.2 Å². The van der Waals surface area contributed by atoms with Crippen molar-refractivity contribution in [2.45, 2.75) is 32.8 Å². The summed E-state index contributed by atoms with van der Waals surface area (Å²) in [5.41, 5.74) is 6.79. The van der Waals surface area contributed by atoms with E-state index in [2.05, 4.69) is 44.5 Å². The van der Waals surface area contributed by atoms with E-state index < -0.39 is 23.6 Å². The molecule has 9 nitrogen and oxygen atoms in total. The number of nitrogens with one attached hydrogen (secondary N) is 2. The average Bonchev–Trinajstić information content (AvgIpc) is 3.64. The Morgan fingerprint density at radius 1 is 1.08 bits per heavy atom. The Kier molecular flexibility index (Phi) is 7.08. The summed E-state index contributed by atoms with van der Waals surface area (Å²) < 4.78 is 5.15. The number of carbonyl (C=O) groups excluding carboxylic acids is 2. The molecule has 0 bridgehead atoms. The predicted octanol–water partition coefficient (Wildman–Crippen LogP) is 3.54. The molecule has 3 aromatic rings. The van der Waals surface area contributed by atoms with Crippen LogP contribution in [0.3, 0.4) is 0 Å². The maximum atomic E-state index is 12.9. The second-order valence-electron chi connectivity index (χ2n) is 9.41. The molecule has 2 heterocycles. The molecule has 9 heteroatoms. The summed E-state index contributed by atoms with van der Waals surface area (Å²) in [6, 6.07) is 10.6. The van der Waals surface area contributed by atoms with Gasteiger partial charge in [0.2, 0.25) is 0 Å².